The third-order valence-electron chi connectivity index (χ3n) is 13.5. The van der Waals surface area contributed by atoms with E-state index < -0.39 is 28.2 Å². The molecule has 3 fully saturated rings. The van der Waals surface area contributed by atoms with Gasteiger partial charge in [0, 0.05) is 6.42 Å². The minimum absolute atomic E-state index is 0.0154. The van der Waals surface area contributed by atoms with Crippen molar-refractivity contribution >= 4 is 22.6 Å². The lowest BCUT2D eigenvalue weighted by molar-refractivity contribution is -0.158. The van der Waals surface area contributed by atoms with Crippen molar-refractivity contribution < 1.29 is 23.5 Å². The average molecular weight is 715 g/mol. The number of carbonyl (C=O) groups is 1. The van der Waals surface area contributed by atoms with Crippen LogP contribution in [-0.2, 0) is 18.4 Å². The molecule has 49 heavy (non-hydrogen) atoms. The number of fused-ring (bicyclic) bond motifs is 1. The number of aliphatic hydroxyl groups is 1. The minimum atomic E-state index is -2.02. The van der Waals surface area contributed by atoms with Crippen LogP contribution in [0.25, 0.3) is 0 Å². The molecule has 0 aromatic rings. The van der Waals surface area contributed by atoms with E-state index in [2.05, 4.69) is 106 Å². The van der Waals surface area contributed by atoms with Gasteiger partial charge in [0.05, 0.1) is 30.3 Å². The van der Waals surface area contributed by atoms with Crippen LogP contribution in [0, 0.1) is 28.6 Å². The molecule has 0 aliphatic heterocycles. The number of rotatable bonds is 11. The summed E-state index contributed by atoms with van der Waals surface area (Å²) in [5, 5.41) is 11.2. The molecule has 1 N–H and O–H groups in total. The molecule has 3 rings (SSSR count). The summed E-state index contributed by atoms with van der Waals surface area (Å²) < 4.78 is 19.4. The van der Waals surface area contributed by atoms with Gasteiger partial charge in [0.2, 0.25) is 0 Å². The Labute approximate surface area is 303 Å². The highest BCUT2D eigenvalue weighted by Crippen LogP contribution is 2.59. The van der Waals surface area contributed by atoms with Gasteiger partial charge in [0.15, 0.2) is 16.6 Å². The van der Waals surface area contributed by atoms with Crippen LogP contribution in [0.4, 0.5) is 0 Å². The van der Waals surface area contributed by atoms with Crippen LogP contribution in [0.5, 0.6) is 0 Å². The number of hydrogen-bond acceptors (Lipinski definition) is 5. The van der Waals surface area contributed by atoms with E-state index in [9.17, 15) is 9.90 Å². The van der Waals surface area contributed by atoms with Crippen LogP contribution in [0.2, 0.25) is 36.3 Å². The van der Waals surface area contributed by atoms with Crippen molar-refractivity contribution in [1.82, 2.24) is 0 Å². The molecule has 3 saturated carbocycles. The molecule has 0 aromatic heterocycles. The molecular weight excluding hydrogens is 641 g/mol. The first-order valence-corrected chi connectivity index (χ1v) is 25.1. The van der Waals surface area contributed by atoms with Gasteiger partial charge in [-0.2, -0.15) is 0 Å². The largest absolute Gasteiger partial charge is 0.465 e. The van der Waals surface area contributed by atoms with E-state index in [0.29, 0.717) is 24.4 Å². The molecule has 7 atom stereocenters. The topological polar surface area (TPSA) is 65.0 Å². The highest BCUT2D eigenvalue weighted by molar-refractivity contribution is 6.74. The summed E-state index contributed by atoms with van der Waals surface area (Å²) in [6, 6.07) is 0. The monoisotopic (exact) mass is 715 g/mol. The highest BCUT2D eigenvalue weighted by Gasteiger charge is 2.51. The molecule has 0 aromatic carbocycles. The van der Waals surface area contributed by atoms with Crippen LogP contribution in [0.1, 0.15) is 121 Å². The molecule has 0 bridgehead atoms. The predicted octanol–water partition coefficient (Wildman–Crippen LogP) is 11.3. The molecule has 0 unspecified atom stereocenters. The Morgan fingerprint density at radius 3 is 2.14 bits per heavy atom. The van der Waals surface area contributed by atoms with E-state index in [0.717, 1.165) is 24.8 Å². The van der Waals surface area contributed by atoms with Gasteiger partial charge < -0.3 is 18.7 Å². The van der Waals surface area contributed by atoms with Gasteiger partial charge in [-0.3, -0.25) is 4.79 Å². The Hall–Kier alpha value is -1.26. The lowest BCUT2D eigenvalue weighted by Crippen LogP contribution is -2.49. The van der Waals surface area contributed by atoms with E-state index in [1.807, 2.05) is 6.08 Å². The number of ether oxygens (including phenoxy) is 1. The maximum Gasteiger partial charge on any atom is 0.314 e. The van der Waals surface area contributed by atoms with Crippen molar-refractivity contribution in [3.8, 4) is 0 Å². The minimum Gasteiger partial charge on any atom is -0.465 e. The Morgan fingerprint density at radius 2 is 1.57 bits per heavy atom. The van der Waals surface area contributed by atoms with Crippen molar-refractivity contribution in [2.45, 2.75) is 176 Å². The Balaban J connectivity index is 1.87. The summed E-state index contributed by atoms with van der Waals surface area (Å²) in [6.07, 6.45) is 15.8. The van der Waals surface area contributed by atoms with E-state index in [4.69, 9.17) is 13.6 Å². The molecule has 0 amide bonds. The van der Waals surface area contributed by atoms with Gasteiger partial charge in [-0.1, -0.05) is 91.8 Å². The zero-order valence-electron chi connectivity index (χ0n) is 34.2. The Bertz CT molecular complexity index is 1280. The highest BCUT2D eigenvalue weighted by atomic mass is 28.4. The molecule has 280 valence electrons. The second-order valence-corrected chi connectivity index (χ2v) is 29.0. The van der Waals surface area contributed by atoms with Crippen molar-refractivity contribution in [2.24, 2.45) is 28.6 Å². The van der Waals surface area contributed by atoms with Gasteiger partial charge in [0.1, 0.15) is 0 Å². The summed E-state index contributed by atoms with van der Waals surface area (Å²) in [5.74, 6) is 1.02. The molecule has 3 aliphatic carbocycles. The lowest BCUT2D eigenvalue weighted by atomic mass is 9.61. The van der Waals surface area contributed by atoms with Crippen molar-refractivity contribution in [1.29, 1.82) is 0 Å². The third kappa shape index (κ3) is 9.41. The molecule has 0 saturated heterocycles. The zero-order chi connectivity index (χ0) is 37.4. The second-order valence-electron chi connectivity index (χ2n) is 19.5. The van der Waals surface area contributed by atoms with Crippen LogP contribution >= 0.6 is 0 Å². The van der Waals surface area contributed by atoms with E-state index >= 15 is 0 Å². The Kier molecular flexibility index (Phi) is 13.2. The second kappa shape index (κ2) is 15.4. The van der Waals surface area contributed by atoms with Gasteiger partial charge in [-0.15, -0.1) is 0 Å². The van der Waals surface area contributed by atoms with Crippen molar-refractivity contribution in [2.75, 3.05) is 6.61 Å². The van der Waals surface area contributed by atoms with E-state index in [1.54, 1.807) is 26.3 Å². The van der Waals surface area contributed by atoms with Crippen molar-refractivity contribution in [3.05, 3.63) is 47.6 Å². The molecule has 0 spiro atoms. The molecule has 7 heteroatoms. The third-order valence-corrected chi connectivity index (χ3v) is 22.6. The van der Waals surface area contributed by atoms with Gasteiger partial charge in [-0.05, 0) is 130 Å². The molecular formula is C42H74O5Si2. The summed E-state index contributed by atoms with van der Waals surface area (Å²) in [7, 11) is -3.98. The molecule has 0 radical (unpaired) electrons. The van der Waals surface area contributed by atoms with Gasteiger partial charge >= 0.3 is 5.97 Å². The average Bonchev–Trinajstić information content (AvgIpc) is 3.32. The van der Waals surface area contributed by atoms with Gasteiger partial charge in [0.25, 0.3) is 0 Å². The Morgan fingerprint density at radius 1 is 0.980 bits per heavy atom. The SMILES string of the molecule is C=C1/C(=C/C=C2\CCC[C@]3(C)[C@@H]([C@H](C)/C=C/[C@@H](O)C(C)(C)C(=O)OCC)CC[C@@H]23)C[C@@H](O[Si](C)(C)C(C)(C)C)C[C@@H]1O[Si](C)(C)C(C)(C)C. The van der Waals surface area contributed by atoms with Crippen LogP contribution in [0.3, 0.4) is 0 Å². The summed E-state index contributed by atoms with van der Waals surface area (Å²) >= 11 is 0. The normalized spacial score (nSPS) is 30.6. The molecule has 0 heterocycles. The maximum atomic E-state index is 12.5. The smallest absolute Gasteiger partial charge is 0.314 e. The molecule has 3 aliphatic rings. The fourth-order valence-corrected chi connectivity index (χ4v) is 10.7. The van der Waals surface area contributed by atoms with Crippen LogP contribution in [0.15, 0.2) is 47.6 Å². The zero-order valence-corrected chi connectivity index (χ0v) is 36.2. The number of aliphatic hydroxyl groups excluding tert-OH is 1. The fourth-order valence-electron chi connectivity index (χ4n) is 8.00. The number of allylic oxidation sites excluding steroid dienone is 4. The maximum absolute atomic E-state index is 12.5. The summed E-state index contributed by atoms with van der Waals surface area (Å²) in [5.41, 5.74) is 3.24. The van der Waals surface area contributed by atoms with Gasteiger partial charge in [-0.25, -0.2) is 0 Å². The first kappa shape index (κ1) is 42.2. The molecule has 5 nitrogen and oxygen atoms in total. The predicted molar refractivity (Wildman–Crippen MR) is 212 cm³/mol. The number of carbonyl (C=O) groups excluding carboxylic acids is 1. The number of hydrogen-bond donors (Lipinski definition) is 1. The standard InChI is InChI=1S/C42H74O5Si2/c1-17-45-38(44)41(10,11)37(43)25-20-29(2)34-23-24-35-31(19-18-26-42(34,35)12)21-22-32-27-33(46-48(13,14)39(4,5)6)28-36(30(32)3)47-49(15,16)40(7,8)9/h20-22,25,29,33-37,43H,3,17-19,23-24,26-28H2,1-2,4-16H3/b25-20+,31-21+,32-22+/t29-,33-,34-,35+,36+,37-,42-/m1/s1. The summed E-state index contributed by atoms with van der Waals surface area (Å²) in [4.78, 5) is 12.5. The number of esters is 1. The quantitative estimate of drug-likeness (QED) is 0.131. The first-order chi connectivity index (χ1) is 22.3. The van der Waals surface area contributed by atoms with Crippen molar-refractivity contribution in [3.63, 3.8) is 0 Å². The van der Waals surface area contributed by atoms with Crippen LogP contribution < -0.4 is 0 Å². The van der Waals surface area contributed by atoms with Crippen LogP contribution in [-0.4, -0.2) is 52.6 Å². The van der Waals surface area contributed by atoms with E-state index in [1.165, 1.54) is 31.3 Å². The van der Waals surface area contributed by atoms with E-state index in [-0.39, 0.29) is 33.7 Å². The lowest BCUT2D eigenvalue weighted by Gasteiger charge is -2.45. The fraction of sp³-hybridized carbons (Fsp3) is 0.786. The first-order valence-electron chi connectivity index (χ1n) is 19.3. The summed E-state index contributed by atoms with van der Waals surface area (Å²) in [6.45, 7) is 38.4.